The quantitative estimate of drug-likeness (QED) is 0.0238. The van der Waals surface area contributed by atoms with Crippen LogP contribution in [0.4, 0.5) is 16.2 Å². The molecule has 0 saturated carbocycles. The number of methoxy groups -OCH3 is 3. The lowest BCUT2D eigenvalue weighted by molar-refractivity contribution is -0.187. The van der Waals surface area contributed by atoms with Crippen molar-refractivity contribution in [1.82, 2.24) is 20.9 Å². The number of carbonyl (C=O) groups is 9. The maximum Gasteiger partial charge on any atom is 0.328 e. The second-order valence-electron chi connectivity index (χ2n) is 24.3. The Balaban J connectivity index is 1.39. The summed E-state index contributed by atoms with van der Waals surface area (Å²) >= 11 is 6.89. The number of benzene rings is 2. The molecule has 2 unspecified atom stereocenters. The third kappa shape index (κ3) is 19.4. The van der Waals surface area contributed by atoms with Crippen molar-refractivity contribution in [3.05, 3.63) is 70.3 Å². The molecule has 0 radical (unpaired) electrons. The molecule has 11 atom stereocenters. The van der Waals surface area contributed by atoms with Crippen molar-refractivity contribution in [2.24, 2.45) is 23.5 Å². The second-order valence-corrected chi connectivity index (χ2v) is 24.7. The standard InChI is InChI=1S/C65H94ClN7O17/c1-15-42(16-2)62(81)87-38(6)22-17-18-25-52(74)71-56(36(3)4)59(78)69-45(23-20-28-68-63(67)82)58(77)70-46-32-43(84-12)26-27-44(46)60(79)72(10)40(8)61(80)89-51-33-53(75)73(11)47-30-41(31-48(85-13)55(47)66)29-37(5)21-19-24-50(86-14)65(83)34-49(88-54(76)35-65)39(7)57-64(51,9)90-57/h19,21,24,26-27,30-32,36,38-40,42,45,49-51,56-57,83H,15-18,20,22-23,25,28-29,33-35H2,1-14H3,(H,69,78)(H,70,77)(H,71,74)(H3,67,68,82)/b24-19+,37-21+/t38?,39-,40?,45+,49+,50-,51+,56+,57+,64+,65-/m1/s1. The van der Waals surface area contributed by atoms with Crippen LogP contribution in [0.15, 0.2) is 54.1 Å². The minimum atomic E-state index is -1.69. The van der Waals surface area contributed by atoms with Crippen LogP contribution >= 0.6 is 11.6 Å². The molecule has 2 fully saturated rings. The van der Waals surface area contributed by atoms with Crippen LogP contribution in [0.1, 0.15) is 149 Å². The number of nitrogens with zero attached hydrogens (tertiary/aromatic N) is 2. The van der Waals surface area contributed by atoms with Crippen LogP contribution in [0.5, 0.6) is 11.5 Å². The van der Waals surface area contributed by atoms with Gasteiger partial charge in [-0.2, -0.15) is 0 Å². The number of fused-ring (bicyclic) bond motifs is 5. The summed E-state index contributed by atoms with van der Waals surface area (Å²) in [5.41, 5.74) is 3.97. The third-order valence-electron chi connectivity index (χ3n) is 17.2. The minimum Gasteiger partial charge on any atom is -0.497 e. The van der Waals surface area contributed by atoms with Crippen LogP contribution in [-0.2, 0) is 63.7 Å². The zero-order valence-corrected chi connectivity index (χ0v) is 55.2. The molecule has 24 nitrogen and oxygen atoms in total. The van der Waals surface area contributed by atoms with Gasteiger partial charge < -0.3 is 75.1 Å². The first-order valence-electron chi connectivity index (χ1n) is 30.8. The topological polar surface area (TPSA) is 322 Å². The zero-order valence-electron chi connectivity index (χ0n) is 54.5. The number of anilines is 2. The van der Waals surface area contributed by atoms with Gasteiger partial charge in [-0.1, -0.05) is 70.0 Å². The maximum atomic E-state index is 14.7. The fourth-order valence-corrected chi connectivity index (χ4v) is 11.6. The minimum absolute atomic E-state index is 0.0377. The molecule has 3 aliphatic heterocycles. The van der Waals surface area contributed by atoms with Crippen molar-refractivity contribution in [3.8, 4) is 11.5 Å². The summed E-state index contributed by atoms with van der Waals surface area (Å²) < 4.78 is 41.0. The van der Waals surface area contributed by atoms with Crippen LogP contribution in [0.2, 0.25) is 5.02 Å². The highest BCUT2D eigenvalue weighted by atomic mass is 35.5. The number of urea groups is 1. The van der Waals surface area contributed by atoms with E-state index in [4.69, 9.17) is 50.5 Å². The number of primary amides is 1. The molecule has 25 heteroatoms. The van der Waals surface area contributed by atoms with E-state index in [1.54, 1.807) is 52.0 Å². The average molecular weight is 1280 g/mol. The number of ether oxygens (including phenoxy) is 7. The molecule has 3 aliphatic rings. The van der Waals surface area contributed by atoms with E-state index in [-0.39, 0.29) is 78.7 Å². The molecule has 90 heavy (non-hydrogen) atoms. The summed E-state index contributed by atoms with van der Waals surface area (Å²) in [5, 5.41) is 23.0. The first kappa shape index (κ1) is 73.5. The van der Waals surface area contributed by atoms with E-state index in [1.807, 2.05) is 33.8 Å². The van der Waals surface area contributed by atoms with Gasteiger partial charge in [0, 0.05) is 52.6 Å². The van der Waals surface area contributed by atoms with Gasteiger partial charge in [-0.15, -0.1) is 0 Å². The number of hydrogen-bond donors (Lipinski definition) is 6. The van der Waals surface area contributed by atoms with Gasteiger partial charge in [-0.3, -0.25) is 33.6 Å². The molecule has 3 heterocycles. The van der Waals surface area contributed by atoms with E-state index < -0.39 is 120 Å². The largest absolute Gasteiger partial charge is 0.497 e. The number of epoxide rings is 1. The molecule has 5 rings (SSSR count). The van der Waals surface area contributed by atoms with Crippen LogP contribution in [0, 0.1) is 17.8 Å². The summed E-state index contributed by atoms with van der Waals surface area (Å²) in [4.78, 5) is 126. The Morgan fingerprint density at radius 1 is 0.933 bits per heavy atom. The predicted molar refractivity (Wildman–Crippen MR) is 337 cm³/mol. The average Bonchev–Trinajstić information content (AvgIpc) is 1.58. The Hall–Kier alpha value is -7.28. The highest BCUT2D eigenvalue weighted by Crippen LogP contribution is 2.50. The fourth-order valence-electron chi connectivity index (χ4n) is 11.3. The first-order chi connectivity index (χ1) is 42.4. The van der Waals surface area contributed by atoms with Gasteiger partial charge >= 0.3 is 23.9 Å². The van der Waals surface area contributed by atoms with Gasteiger partial charge in [0.2, 0.25) is 23.6 Å². The molecule has 7 amide bonds. The van der Waals surface area contributed by atoms with Crippen molar-refractivity contribution in [2.45, 2.75) is 199 Å². The van der Waals surface area contributed by atoms with Gasteiger partial charge in [-0.25, -0.2) is 9.59 Å². The monoisotopic (exact) mass is 1280 g/mol. The van der Waals surface area contributed by atoms with Crippen molar-refractivity contribution in [3.63, 3.8) is 0 Å². The van der Waals surface area contributed by atoms with Gasteiger partial charge in [0.1, 0.15) is 64.2 Å². The SMILES string of the molecule is CCC(CC)C(=O)OC(C)CCCCC(=O)N[C@H](C(=O)N[C@@H](CCCNC(N)=O)C(=O)Nc1cc(OC)ccc1C(=O)N(C)C(C)C(=O)O[C@H]1CC(=O)N(C)c2cc(cc(OC)c2Cl)C/C(C)=C/C=C/[C@@H](OC)[C@]2(O)CC(=O)O[C@@H](C2)[C@@H](C)[C@@H]2O[C@@]12C)C(C)C. The lowest BCUT2D eigenvalue weighted by Gasteiger charge is -2.41. The number of rotatable bonds is 26. The molecular weight excluding hydrogens is 1190 g/mol. The lowest BCUT2D eigenvalue weighted by atomic mass is 9.78. The highest BCUT2D eigenvalue weighted by Gasteiger charge is 2.64. The Labute approximate surface area is 533 Å². The number of carbonyl (C=O) groups excluding carboxylic acids is 9. The normalized spacial score (nSPS) is 24.1. The van der Waals surface area contributed by atoms with Gasteiger partial charge in [0.15, 0.2) is 0 Å². The first-order valence-corrected chi connectivity index (χ1v) is 31.2. The molecule has 2 aromatic carbocycles. The summed E-state index contributed by atoms with van der Waals surface area (Å²) in [6.07, 6.45) is 3.63. The molecular formula is C65H94ClN7O17. The number of unbranched alkanes of at least 4 members (excludes halogenated alkanes) is 1. The van der Waals surface area contributed by atoms with Gasteiger partial charge in [0.25, 0.3) is 5.91 Å². The number of halogens is 1. The highest BCUT2D eigenvalue weighted by molar-refractivity contribution is 6.35. The van der Waals surface area contributed by atoms with E-state index in [1.165, 1.54) is 65.4 Å². The van der Waals surface area contributed by atoms with Crippen LogP contribution in [-0.4, -0.2) is 165 Å². The smallest absolute Gasteiger partial charge is 0.328 e. The van der Waals surface area contributed by atoms with Gasteiger partial charge in [-0.05, 0) is 115 Å². The number of aliphatic hydroxyl groups is 1. The Morgan fingerprint density at radius 3 is 2.27 bits per heavy atom. The Kier molecular flexibility index (Phi) is 27.1. The van der Waals surface area contributed by atoms with Crippen molar-refractivity contribution < 1.29 is 81.4 Å². The van der Waals surface area contributed by atoms with Crippen LogP contribution in [0.3, 0.4) is 0 Å². The van der Waals surface area contributed by atoms with Crippen LogP contribution in [0.25, 0.3) is 0 Å². The molecule has 4 bridgehead atoms. The Bertz CT molecular complexity index is 2970. The number of allylic oxidation sites excluding steroid dienone is 3. The zero-order chi connectivity index (χ0) is 66.9. The molecule has 0 spiro atoms. The van der Waals surface area contributed by atoms with E-state index in [0.29, 0.717) is 50.0 Å². The van der Waals surface area contributed by atoms with Crippen LogP contribution < -0.4 is 41.4 Å². The molecule has 0 aliphatic carbocycles. The van der Waals surface area contributed by atoms with E-state index in [9.17, 15) is 48.3 Å². The van der Waals surface area contributed by atoms with Crippen molar-refractivity contribution in [1.29, 1.82) is 0 Å². The second kappa shape index (κ2) is 33.2. The van der Waals surface area contributed by atoms with E-state index in [2.05, 4.69) is 21.3 Å². The molecule has 7 N–H and O–H groups in total. The molecule has 2 aromatic rings. The third-order valence-corrected chi connectivity index (χ3v) is 17.6. The number of hydrogen-bond acceptors (Lipinski definition) is 17. The number of nitrogens with one attached hydrogen (secondary N) is 4. The lowest BCUT2D eigenvalue weighted by Crippen LogP contribution is -2.54. The predicted octanol–water partition coefficient (Wildman–Crippen LogP) is 7.03. The number of esters is 3. The number of nitrogens with two attached hydrogens (primary N) is 1. The maximum absolute atomic E-state index is 14.7. The molecule has 498 valence electrons. The molecule has 0 aromatic heterocycles. The number of amides is 7. The summed E-state index contributed by atoms with van der Waals surface area (Å²) in [7, 11) is 7.13. The van der Waals surface area contributed by atoms with Gasteiger partial charge in [0.05, 0.1) is 62.1 Å². The summed E-state index contributed by atoms with van der Waals surface area (Å²) in [6, 6.07) is 3.18. The van der Waals surface area contributed by atoms with E-state index >= 15 is 0 Å². The van der Waals surface area contributed by atoms with E-state index in [0.717, 1.165) is 16.0 Å². The fraction of sp³-hybridized carbons (Fsp3) is 0.615. The van der Waals surface area contributed by atoms with Crippen molar-refractivity contribution in [2.75, 3.05) is 52.2 Å². The van der Waals surface area contributed by atoms with Crippen molar-refractivity contribution >= 4 is 76.5 Å². The number of likely N-dealkylation sites (N-methyl/N-ethyl adjacent to an activating group) is 1. The molecule has 2 saturated heterocycles. The summed E-state index contributed by atoms with van der Waals surface area (Å²) in [6.45, 7) is 15.9. The Morgan fingerprint density at radius 2 is 1.63 bits per heavy atom. The summed E-state index contributed by atoms with van der Waals surface area (Å²) in [5.74, 6) is -5.75.